The fraction of sp³-hybridized carbons (Fsp3) is 0.579. The largest absolute Gasteiger partial charge is 0.497 e. The second kappa shape index (κ2) is 14.8. The Morgan fingerprint density at radius 1 is 0.609 bits per heavy atom. The van der Waals surface area contributed by atoms with Crippen molar-refractivity contribution in [1.82, 2.24) is 30.4 Å². The van der Waals surface area contributed by atoms with Crippen molar-refractivity contribution in [2.45, 2.75) is 76.3 Å². The highest BCUT2D eigenvalue weighted by Gasteiger charge is 2.26. The number of H-pyrrole nitrogens is 2. The lowest BCUT2D eigenvalue weighted by Crippen LogP contribution is -2.35. The highest BCUT2D eigenvalue weighted by atomic mass is 16.5. The minimum atomic E-state index is 0.457. The number of nitrogens with zero attached hydrogens (tertiary/aromatic N) is 2. The normalized spacial score (nSPS) is 22.2. The van der Waals surface area contributed by atoms with Gasteiger partial charge in [0.1, 0.15) is 11.5 Å². The van der Waals surface area contributed by atoms with Crippen LogP contribution in [0.4, 0.5) is 0 Å². The van der Waals surface area contributed by atoms with Gasteiger partial charge in [-0.25, -0.2) is 0 Å². The van der Waals surface area contributed by atoms with Crippen molar-refractivity contribution in [2.24, 2.45) is 0 Å². The number of piperidine rings is 2. The first kappa shape index (κ1) is 31.6. The number of hydrogen-bond acceptors (Lipinski definition) is 6. The maximum atomic E-state index is 5.40. The molecule has 4 aliphatic heterocycles. The Morgan fingerprint density at radius 3 is 1.46 bits per heavy atom. The summed E-state index contributed by atoms with van der Waals surface area (Å²) in [7, 11) is 3.48. The summed E-state index contributed by atoms with van der Waals surface area (Å²) in [6.07, 6.45) is 12.9. The molecule has 8 heteroatoms. The first-order valence-corrected chi connectivity index (χ1v) is 18.0. The standard InChI is InChI=1S/2C19H27N3O/c2*1-23-14-5-6-17-16(13-14)15-7-9-20-18(19(15)21-17)8-12-22-10-3-2-4-11-22/h2*5-6,13,18,20-21H,2-4,7-12H2,1H3/t2*18-/m10/s1. The van der Waals surface area contributed by atoms with Crippen LogP contribution < -0.4 is 20.1 Å². The number of likely N-dealkylation sites (tertiary alicyclic amines) is 2. The van der Waals surface area contributed by atoms with Crippen molar-refractivity contribution < 1.29 is 9.47 Å². The predicted molar refractivity (Wildman–Crippen MR) is 188 cm³/mol. The molecule has 0 saturated carbocycles. The summed E-state index contributed by atoms with van der Waals surface area (Å²) >= 11 is 0. The molecule has 0 amide bonds. The fourth-order valence-electron chi connectivity index (χ4n) is 8.31. The van der Waals surface area contributed by atoms with Crippen molar-refractivity contribution >= 4 is 21.8 Å². The molecule has 46 heavy (non-hydrogen) atoms. The topological polar surface area (TPSA) is 80.6 Å². The van der Waals surface area contributed by atoms with Crippen LogP contribution >= 0.6 is 0 Å². The van der Waals surface area contributed by atoms with Gasteiger partial charge in [-0.15, -0.1) is 0 Å². The van der Waals surface area contributed by atoms with Crippen molar-refractivity contribution in [1.29, 1.82) is 0 Å². The quantitative estimate of drug-likeness (QED) is 0.179. The van der Waals surface area contributed by atoms with Gasteiger partial charge in [0.05, 0.1) is 14.2 Å². The molecule has 2 fully saturated rings. The van der Waals surface area contributed by atoms with Gasteiger partial charge in [0.25, 0.3) is 0 Å². The molecule has 0 radical (unpaired) electrons. The Kier molecular flexibility index (Phi) is 10.2. The van der Waals surface area contributed by atoms with Gasteiger partial charge in [0.2, 0.25) is 0 Å². The van der Waals surface area contributed by atoms with E-state index in [2.05, 4.69) is 54.7 Å². The molecule has 2 saturated heterocycles. The van der Waals surface area contributed by atoms with Crippen molar-refractivity contribution in [3.05, 3.63) is 58.9 Å². The summed E-state index contributed by atoms with van der Waals surface area (Å²) in [5, 5.41) is 10.1. The SMILES string of the molecule is COc1ccc2[nH]c3c(c2c1)CCN[C@@H]3CCN1CCCCC1.COc1ccc2[nH]c3c(c2c1)CCN[C@H]3CCN1CCCCC1. The molecule has 4 aromatic rings. The Morgan fingerprint density at radius 2 is 1.04 bits per heavy atom. The van der Waals surface area contributed by atoms with Crippen LogP contribution in [0.15, 0.2) is 36.4 Å². The first-order chi connectivity index (χ1) is 22.7. The minimum Gasteiger partial charge on any atom is -0.497 e. The molecule has 2 aromatic heterocycles. The van der Waals surface area contributed by atoms with E-state index in [1.54, 1.807) is 14.2 Å². The third-order valence-electron chi connectivity index (χ3n) is 10.9. The average Bonchev–Trinajstić information content (AvgIpc) is 3.69. The van der Waals surface area contributed by atoms with Crippen LogP contribution in [0.5, 0.6) is 11.5 Å². The van der Waals surface area contributed by atoms with Crippen LogP contribution in [-0.2, 0) is 12.8 Å². The summed E-state index contributed by atoms with van der Waals surface area (Å²) in [5.41, 5.74) is 8.25. The van der Waals surface area contributed by atoms with Gasteiger partial charge in [-0.3, -0.25) is 0 Å². The molecule has 248 valence electrons. The van der Waals surface area contributed by atoms with Crippen LogP contribution in [0.25, 0.3) is 21.8 Å². The van der Waals surface area contributed by atoms with Crippen LogP contribution in [-0.4, -0.2) is 86.3 Å². The molecular formula is C38H54N6O2. The van der Waals surface area contributed by atoms with Crippen molar-refractivity contribution in [3.8, 4) is 11.5 Å². The number of benzene rings is 2. The molecule has 0 aliphatic carbocycles. The molecule has 4 aliphatic rings. The van der Waals surface area contributed by atoms with Gasteiger partial charge in [-0.1, -0.05) is 12.8 Å². The minimum absolute atomic E-state index is 0.457. The predicted octanol–water partition coefficient (Wildman–Crippen LogP) is 6.48. The van der Waals surface area contributed by atoms with Crippen LogP contribution in [0, 0.1) is 0 Å². The van der Waals surface area contributed by atoms with Crippen LogP contribution in [0.3, 0.4) is 0 Å². The molecule has 8 rings (SSSR count). The molecule has 2 atom stereocenters. The van der Waals surface area contributed by atoms with E-state index in [0.717, 1.165) is 37.4 Å². The molecule has 0 unspecified atom stereocenters. The van der Waals surface area contributed by atoms with E-state index in [9.17, 15) is 0 Å². The number of rotatable bonds is 8. The van der Waals surface area contributed by atoms with E-state index in [0.29, 0.717) is 12.1 Å². The maximum absolute atomic E-state index is 5.40. The second-order valence-electron chi connectivity index (χ2n) is 13.8. The number of hydrogen-bond donors (Lipinski definition) is 4. The molecule has 4 N–H and O–H groups in total. The molecule has 6 heterocycles. The Bertz CT molecular complexity index is 1460. The van der Waals surface area contributed by atoms with E-state index in [-0.39, 0.29) is 0 Å². The third-order valence-corrected chi connectivity index (χ3v) is 10.9. The van der Waals surface area contributed by atoms with Gasteiger partial charge in [0, 0.05) is 45.3 Å². The average molecular weight is 627 g/mol. The van der Waals surface area contributed by atoms with E-state index in [1.165, 1.54) is 135 Å². The van der Waals surface area contributed by atoms with E-state index in [1.807, 2.05) is 12.1 Å². The number of methoxy groups -OCH3 is 2. The van der Waals surface area contributed by atoms with Crippen LogP contribution in [0.1, 0.15) is 86.0 Å². The van der Waals surface area contributed by atoms with E-state index >= 15 is 0 Å². The zero-order chi connectivity index (χ0) is 31.3. The number of aromatic nitrogens is 2. The number of aromatic amines is 2. The molecule has 0 bridgehead atoms. The zero-order valence-electron chi connectivity index (χ0n) is 28.1. The Labute approximate surface area is 274 Å². The van der Waals surface area contributed by atoms with Gasteiger partial charge in [-0.2, -0.15) is 0 Å². The smallest absolute Gasteiger partial charge is 0.119 e. The zero-order valence-corrected chi connectivity index (χ0v) is 28.1. The fourth-order valence-corrected chi connectivity index (χ4v) is 8.31. The van der Waals surface area contributed by atoms with Crippen LogP contribution in [0.2, 0.25) is 0 Å². The monoisotopic (exact) mass is 626 g/mol. The van der Waals surface area contributed by atoms with Gasteiger partial charge in [-0.05, 0) is 151 Å². The van der Waals surface area contributed by atoms with Crippen molar-refractivity contribution in [2.75, 3.05) is 66.6 Å². The first-order valence-electron chi connectivity index (χ1n) is 18.0. The molecule has 2 aromatic carbocycles. The highest BCUT2D eigenvalue weighted by molar-refractivity contribution is 5.87. The van der Waals surface area contributed by atoms with E-state index in [4.69, 9.17) is 9.47 Å². The number of ether oxygens (including phenoxy) is 2. The lowest BCUT2D eigenvalue weighted by atomic mass is 9.97. The number of fused-ring (bicyclic) bond motifs is 6. The summed E-state index contributed by atoms with van der Waals surface area (Å²) in [6, 6.07) is 13.6. The summed E-state index contributed by atoms with van der Waals surface area (Å²) in [5.74, 6) is 1.89. The van der Waals surface area contributed by atoms with E-state index < -0.39 is 0 Å². The highest BCUT2D eigenvalue weighted by Crippen LogP contribution is 2.35. The third kappa shape index (κ3) is 6.96. The lowest BCUT2D eigenvalue weighted by molar-refractivity contribution is 0.215. The second-order valence-corrected chi connectivity index (χ2v) is 13.8. The molecule has 8 nitrogen and oxygen atoms in total. The molecule has 0 spiro atoms. The lowest BCUT2D eigenvalue weighted by Gasteiger charge is -2.30. The van der Waals surface area contributed by atoms with Gasteiger partial charge < -0.3 is 39.9 Å². The summed E-state index contributed by atoms with van der Waals surface area (Å²) in [6.45, 7) is 9.68. The maximum Gasteiger partial charge on any atom is 0.119 e. The Balaban J connectivity index is 0.000000147. The van der Waals surface area contributed by atoms with Gasteiger partial charge in [0.15, 0.2) is 0 Å². The summed E-state index contributed by atoms with van der Waals surface area (Å²) < 4.78 is 10.8. The molecular weight excluding hydrogens is 572 g/mol. The van der Waals surface area contributed by atoms with Crippen molar-refractivity contribution in [3.63, 3.8) is 0 Å². The Hall–Kier alpha value is -3.04. The van der Waals surface area contributed by atoms with Gasteiger partial charge >= 0.3 is 0 Å². The number of nitrogens with one attached hydrogen (secondary N) is 4. The summed E-state index contributed by atoms with van der Waals surface area (Å²) in [4.78, 5) is 12.6.